The zero-order valence-corrected chi connectivity index (χ0v) is 18.9. The molecule has 0 saturated carbocycles. The summed E-state index contributed by atoms with van der Waals surface area (Å²) in [7, 11) is 3.71. The largest absolute Gasteiger partial charge is 0.417 e. The van der Waals surface area contributed by atoms with Crippen LogP contribution in [0.4, 0.5) is 34.1 Å². The van der Waals surface area contributed by atoms with Gasteiger partial charge in [0.2, 0.25) is 0 Å². The third-order valence-corrected chi connectivity index (χ3v) is 5.85. The van der Waals surface area contributed by atoms with E-state index < -0.39 is 23.8 Å². The number of carbonyl (C=O) groups is 2. The molecule has 10 heteroatoms. The summed E-state index contributed by atoms with van der Waals surface area (Å²) < 4.78 is 40.8. The number of anilines is 2. The molecule has 4 amide bonds. The van der Waals surface area contributed by atoms with E-state index in [-0.39, 0.29) is 17.1 Å². The first-order valence-electron chi connectivity index (χ1n) is 10.0. The van der Waals surface area contributed by atoms with Gasteiger partial charge in [0.1, 0.15) is 0 Å². The summed E-state index contributed by atoms with van der Waals surface area (Å²) in [5, 5.41) is 2.71. The van der Waals surface area contributed by atoms with Gasteiger partial charge in [0, 0.05) is 30.2 Å². The van der Waals surface area contributed by atoms with Gasteiger partial charge in [-0.05, 0) is 56.6 Å². The molecule has 0 unspecified atom stereocenters. The van der Waals surface area contributed by atoms with Crippen LogP contribution in [0.3, 0.4) is 0 Å². The van der Waals surface area contributed by atoms with Crippen LogP contribution in [-0.4, -0.2) is 56.9 Å². The highest BCUT2D eigenvalue weighted by Crippen LogP contribution is 2.42. The van der Waals surface area contributed by atoms with Crippen LogP contribution < -0.4 is 15.1 Å². The van der Waals surface area contributed by atoms with Crippen LogP contribution >= 0.6 is 11.8 Å². The van der Waals surface area contributed by atoms with Crippen molar-refractivity contribution >= 4 is 35.2 Å². The molecular weight excluding hydrogens is 441 g/mol. The molecule has 3 rings (SSSR count). The van der Waals surface area contributed by atoms with Gasteiger partial charge in [-0.15, -0.1) is 11.8 Å². The molecule has 1 heterocycles. The van der Waals surface area contributed by atoms with Crippen molar-refractivity contribution in [3.8, 4) is 0 Å². The number of hydrogen-bond donors (Lipinski definition) is 1. The number of urea groups is 2. The quantitative estimate of drug-likeness (QED) is 0.650. The Hall–Kier alpha value is -2.72. The minimum Gasteiger partial charge on any atom is -0.336 e. The number of nitrogens with one attached hydrogen (secondary N) is 1. The molecule has 0 aliphatic carbocycles. The number of likely N-dealkylation sites (N-methyl/N-ethyl adjacent to an activating group) is 1. The van der Waals surface area contributed by atoms with Crippen LogP contribution in [0.1, 0.15) is 11.1 Å². The third kappa shape index (κ3) is 5.18. The second-order valence-corrected chi connectivity index (χ2v) is 8.42. The number of thioether (sulfide) groups is 1. The van der Waals surface area contributed by atoms with Gasteiger partial charge in [0.25, 0.3) is 0 Å². The van der Waals surface area contributed by atoms with Crippen molar-refractivity contribution in [2.45, 2.75) is 17.5 Å². The number of fused-ring (bicyclic) bond motifs is 1. The van der Waals surface area contributed by atoms with Crippen molar-refractivity contribution in [1.82, 2.24) is 10.2 Å². The molecule has 0 aromatic heterocycles. The average Bonchev–Trinajstić information content (AvgIpc) is 3.15. The lowest BCUT2D eigenvalue weighted by atomic mass is 10.1. The Bertz CT molecular complexity index is 983. The molecule has 0 spiro atoms. The van der Waals surface area contributed by atoms with Crippen molar-refractivity contribution in [3.05, 3.63) is 53.6 Å². The Morgan fingerprint density at radius 3 is 2.44 bits per heavy atom. The van der Waals surface area contributed by atoms with E-state index >= 15 is 0 Å². The van der Waals surface area contributed by atoms with Crippen molar-refractivity contribution < 1.29 is 22.8 Å². The van der Waals surface area contributed by atoms with Gasteiger partial charge in [-0.25, -0.2) is 14.5 Å². The lowest BCUT2D eigenvalue weighted by molar-refractivity contribution is -0.139. The van der Waals surface area contributed by atoms with Crippen LogP contribution in [-0.2, 0) is 12.6 Å². The first-order valence-corrected chi connectivity index (χ1v) is 11.2. The van der Waals surface area contributed by atoms with Gasteiger partial charge in [-0.1, -0.05) is 18.2 Å². The van der Waals surface area contributed by atoms with E-state index in [1.807, 2.05) is 19.0 Å². The number of para-hydroxylation sites is 1. The Balaban J connectivity index is 1.96. The maximum atomic E-state index is 13.6. The molecule has 2 aromatic rings. The highest BCUT2D eigenvalue weighted by atomic mass is 32.2. The lowest BCUT2D eigenvalue weighted by Crippen LogP contribution is -2.51. The van der Waals surface area contributed by atoms with Gasteiger partial charge in [0.05, 0.1) is 11.3 Å². The van der Waals surface area contributed by atoms with Gasteiger partial charge < -0.3 is 10.2 Å². The SMILES string of the molecule is CSc1cc2c(cc1C(F)(F)F)N(C(=O)N(C(=O)NCCN(C)C)c1ccccc1)CC2. The molecule has 1 aliphatic rings. The van der Waals surface area contributed by atoms with Crippen LogP contribution in [0.15, 0.2) is 47.4 Å². The molecule has 2 aromatic carbocycles. The van der Waals surface area contributed by atoms with Crippen LogP contribution in [0, 0.1) is 0 Å². The van der Waals surface area contributed by atoms with E-state index in [9.17, 15) is 22.8 Å². The molecule has 0 fully saturated rings. The van der Waals surface area contributed by atoms with Crippen molar-refractivity contribution in [2.75, 3.05) is 49.8 Å². The number of hydrogen-bond acceptors (Lipinski definition) is 4. The predicted octanol–water partition coefficient (Wildman–Crippen LogP) is 4.69. The third-order valence-electron chi connectivity index (χ3n) is 5.08. The molecule has 1 N–H and O–H groups in total. The van der Waals surface area contributed by atoms with E-state index in [1.54, 1.807) is 36.6 Å². The molecule has 6 nitrogen and oxygen atoms in total. The minimum atomic E-state index is -4.55. The summed E-state index contributed by atoms with van der Waals surface area (Å²) in [5.41, 5.74) is 0.383. The second-order valence-electron chi connectivity index (χ2n) is 7.57. The number of nitrogens with zero attached hydrogens (tertiary/aromatic N) is 3. The van der Waals surface area contributed by atoms with Gasteiger partial charge in [0.15, 0.2) is 0 Å². The Kier molecular flexibility index (Phi) is 7.35. The van der Waals surface area contributed by atoms with Crippen molar-refractivity contribution in [3.63, 3.8) is 0 Å². The van der Waals surface area contributed by atoms with Gasteiger partial charge in [-0.3, -0.25) is 4.90 Å². The molecule has 172 valence electrons. The van der Waals surface area contributed by atoms with Crippen LogP contribution in [0.25, 0.3) is 0 Å². The molecule has 0 saturated heterocycles. The van der Waals surface area contributed by atoms with Crippen LogP contribution in [0.5, 0.6) is 0 Å². The molecule has 0 atom stereocenters. The summed E-state index contributed by atoms with van der Waals surface area (Å²) in [6.45, 7) is 1.08. The Morgan fingerprint density at radius 2 is 1.84 bits per heavy atom. The number of imide groups is 1. The highest BCUT2D eigenvalue weighted by Gasteiger charge is 2.38. The van der Waals surface area contributed by atoms with Crippen molar-refractivity contribution in [2.24, 2.45) is 0 Å². The number of carbonyl (C=O) groups excluding carboxylic acids is 2. The summed E-state index contributed by atoms with van der Waals surface area (Å²) in [5.74, 6) is 0. The molecule has 32 heavy (non-hydrogen) atoms. The topological polar surface area (TPSA) is 55.9 Å². The minimum absolute atomic E-state index is 0.117. The first kappa shape index (κ1) is 23.9. The standard InChI is InChI=1S/C22H25F3N4O2S/c1-27(2)12-10-26-20(30)29(16-7-5-4-6-8-16)21(31)28-11-9-15-13-19(32-3)17(14-18(15)28)22(23,24)25/h4-8,13-14H,9-12H2,1-3H3,(H,26,30). The van der Waals surface area contributed by atoms with Crippen LogP contribution in [0.2, 0.25) is 0 Å². The molecule has 1 aliphatic heterocycles. The van der Waals surface area contributed by atoms with Gasteiger partial charge >= 0.3 is 18.2 Å². The van der Waals surface area contributed by atoms with E-state index in [2.05, 4.69) is 5.32 Å². The fourth-order valence-corrected chi connectivity index (χ4v) is 4.14. The van der Waals surface area contributed by atoms with Crippen molar-refractivity contribution in [1.29, 1.82) is 0 Å². The van der Waals surface area contributed by atoms with E-state index in [1.165, 1.54) is 11.0 Å². The molecule has 0 radical (unpaired) electrons. The first-order chi connectivity index (χ1) is 15.1. The number of benzene rings is 2. The number of amides is 4. The second kappa shape index (κ2) is 9.83. The van der Waals surface area contributed by atoms with Gasteiger partial charge in [-0.2, -0.15) is 13.2 Å². The zero-order chi connectivity index (χ0) is 23.5. The average molecular weight is 467 g/mol. The summed E-state index contributed by atoms with van der Waals surface area (Å²) in [4.78, 5) is 30.6. The molecular formula is C22H25F3N4O2S. The van der Waals surface area contributed by atoms with E-state index in [0.29, 0.717) is 30.8 Å². The number of rotatable bonds is 5. The number of alkyl halides is 3. The monoisotopic (exact) mass is 466 g/mol. The summed E-state index contributed by atoms with van der Waals surface area (Å²) in [6, 6.07) is 9.52. The smallest absolute Gasteiger partial charge is 0.336 e. The normalized spacial score (nSPS) is 13.3. The Morgan fingerprint density at radius 1 is 1.16 bits per heavy atom. The maximum absolute atomic E-state index is 13.6. The number of halogens is 3. The zero-order valence-electron chi connectivity index (χ0n) is 18.1. The van der Waals surface area contributed by atoms with E-state index in [0.717, 1.165) is 22.7 Å². The Labute approximate surface area is 189 Å². The van der Waals surface area contributed by atoms with E-state index in [4.69, 9.17) is 0 Å². The maximum Gasteiger partial charge on any atom is 0.417 e. The highest BCUT2D eigenvalue weighted by molar-refractivity contribution is 7.98. The summed E-state index contributed by atoms with van der Waals surface area (Å²) in [6.07, 6.45) is -2.55. The lowest BCUT2D eigenvalue weighted by Gasteiger charge is -2.28. The predicted molar refractivity (Wildman–Crippen MR) is 121 cm³/mol. The summed E-state index contributed by atoms with van der Waals surface area (Å²) >= 11 is 1.02. The molecule has 0 bridgehead atoms. The fraction of sp³-hybridized carbons (Fsp3) is 0.364. The fourth-order valence-electron chi connectivity index (χ4n) is 3.48.